The van der Waals surface area contributed by atoms with Crippen LogP contribution in [0.5, 0.6) is 0 Å². The molecule has 0 unspecified atom stereocenters. The molecule has 0 aromatic rings. The molecule has 0 saturated carbocycles. The summed E-state index contributed by atoms with van der Waals surface area (Å²) in [6.45, 7) is 4.98. The zero-order chi connectivity index (χ0) is 11.8. The normalized spacial score (nSPS) is 14.7. The summed E-state index contributed by atoms with van der Waals surface area (Å²) in [5.41, 5.74) is 0. The molecule has 0 aliphatic heterocycles. The number of alkyl halides is 1. The van der Waals surface area contributed by atoms with Crippen LogP contribution in [0.15, 0.2) is 12.2 Å². The third kappa shape index (κ3) is 6.96. The number of esters is 2. The van der Waals surface area contributed by atoms with Crippen molar-refractivity contribution in [1.82, 2.24) is 0 Å². The van der Waals surface area contributed by atoms with Gasteiger partial charge >= 0.3 is 11.9 Å². The molecule has 0 rings (SSSR count). The molecule has 0 aliphatic rings. The van der Waals surface area contributed by atoms with Gasteiger partial charge in [-0.1, -0.05) is 6.08 Å². The second-order valence-corrected chi connectivity index (χ2v) is 3.37. The summed E-state index contributed by atoms with van der Waals surface area (Å²) in [4.78, 5) is 21.5. The molecule has 0 spiro atoms. The van der Waals surface area contributed by atoms with Crippen molar-refractivity contribution in [2.75, 3.05) is 6.61 Å². The van der Waals surface area contributed by atoms with E-state index in [1.165, 1.54) is 19.1 Å². The van der Waals surface area contributed by atoms with E-state index < -0.39 is 23.4 Å². The van der Waals surface area contributed by atoms with Crippen LogP contribution in [0.25, 0.3) is 0 Å². The number of halogens is 1. The second-order valence-electron chi connectivity index (χ2n) is 2.87. The van der Waals surface area contributed by atoms with E-state index in [1.807, 2.05) is 0 Å². The lowest BCUT2D eigenvalue weighted by atomic mass is 10.2. The summed E-state index contributed by atoms with van der Waals surface area (Å²) in [6, 6.07) is 0. The van der Waals surface area contributed by atoms with Crippen LogP contribution in [0.2, 0.25) is 0 Å². The van der Waals surface area contributed by atoms with E-state index in [4.69, 9.17) is 16.3 Å². The maximum Gasteiger partial charge on any atom is 0.330 e. The van der Waals surface area contributed by atoms with Crippen molar-refractivity contribution in [3.8, 4) is 0 Å². The van der Waals surface area contributed by atoms with Crippen LogP contribution in [0.4, 0.5) is 0 Å². The molecule has 15 heavy (non-hydrogen) atoms. The number of rotatable bonds is 5. The molecule has 0 bridgehead atoms. The number of carbonyl (C=O) groups excluding carboxylic acids is 2. The fourth-order valence-corrected chi connectivity index (χ4v) is 0.968. The van der Waals surface area contributed by atoms with Crippen molar-refractivity contribution in [1.29, 1.82) is 0 Å². The highest BCUT2D eigenvalue weighted by Crippen LogP contribution is 2.08. The number of ether oxygens (including phenoxy) is 2. The van der Waals surface area contributed by atoms with Gasteiger partial charge in [0, 0.05) is 13.0 Å². The lowest BCUT2D eigenvalue weighted by Crippen LogP contribution is -2.22. The SMILES string of the molecule is CCOC(=O)/C=C/[C@H](Cl)[C@@H](C)OC(C)=O. The van der Waals surface area contributed by atoms with Crippen molar-refractivity contribution in [2.45, 2.75) is 32.3 Å². The number of hydrogen-bond donors (Lipinski definition) is 0. The van der Waals surface area contributed by atoms with Gasteiger partial charge in [0.1, 0.15) is 6.10 Å². The highest BCUT2D eigenvalue weighted by atomic mass is 35.5. The Morgan fingerprint density at radius 1 is 1.47 bits per heavy atom. The van der Waals surface area contributed by atoms with E-state index in [-0.39, 0.29) is 0 Å². The van der Waals surface area contributed by atoms with Gasteiger partial charge in [0.2, 0.25) is 0 Å². The Hall–Kier alpha value is -1.03. The molecule has 0 aliphatic carbocycles. The van der Waals surface area contributed by atoms with E-state index in [2.05, 4.69) is 4.74 Å². The average molecular weight is 235 g/mol. The van der Waals surface area contributed by atoms with E-state index in [0.717, 1.165) is 0 Å². The van der Waals surface area contributed by atoms with Crippen molar-refractivity contribution in [2.24, 2.45) is 0 Å². The van der Waals surface area contributed by atoms with Crippen LogP contribution in [0, 0.1) is 0 Å². The van der Waals surface area contributed by atoms with Crippen LogP contribution in [0.3, 0.4) is 0 Å². The van der Waals surface area contributed by atoms with Gasteiger partial charge in [0.25, 0.3) is 0 Å². The summed E-state index contributed by atoms with van der Waals surface area (Å²) in [7, 11) is 0. The maximum absolute atomic E-state index is 10.9. The summed E-state index contributed by atoms with van der Waals surface area (Å²) < 4.78 is 9.49. The van der Waals surface area contributed by atoms with Gasteiger partial charge in [-0.15, -0.1) is 11.6 Å². The first kappa shape index (κ1) is 14.0. The fourth-order valence-electron chi connectivity index (χ4n) is 0.844. The first-order valence-electron chi connectivity index (χ1n) is 4.63. The minimum Gasteiger partial charge on any atom is -0.463 e. The molecule has 4 nitrogen and oxygen atoms in total. The molecule has 0 N–H and O–H groups in total. The minimum atomic E-state index is -0.543. The van der Waals surface area contributed by atoms with Gasteiger partial charge in [-0.3, -0.25) is 4.79 Å². The second kappa shape index (κ2) is 7.29. The van der Waals surface area contributed by atoms with Crippen molar-refractivity contribution >= 4 is 23.5 Å². The topological polar surface area (TPSA) is 52.6 Å². The van der Waals surface area contributed by atoms with Gasteiger partial charge in [0.15, 0.2) is 0 Å². The van der Waals surface area contributed by atoms with Crippen LogP contribution < -0.4 is 0 Å². The highest BCUT2D eigenvalue weighted by molar-refractivity contribution is 6.22. The largest absolute Gasteiger partial charge is 0.463 e. The first-order chi connectivity index (χ1) is 6.97. The maximum atomic E-state index is 10.9. The third-order valence-electron chi connectivity index (χ3n) is 1.50. The molecule has 0 heterocycles. The summed E-state index contributed by atoms with van der Waals surface area (Å²) in [5, 5.41) is -0.543. The fraction of sp³-hybridized carbons (Fsp3) is 0.600. The Labute approximate surface area is 94.2 Å². The predicted molar refractivity (Wildman–Crippen MR) is 56.6 cm³/mol. The number of carbonyl (C=O) groups is 2. The number of hydrogen-bond acceptors (Lipinski definition) is 4. The summed E-state index contributed by atoms with van der Waals surface area (Å²) in [6.07, 6.45) is 2.18. The predicted octanol–water partition coefficient (Wildman–Crippen LogP) is 1.66. The van der Waals surface area contributed by atoms with Gasteiger partial charge in [-0.25, -0.2) is 4.79 Å². The third-order valence-corrected chi connectivity index (χ3v) is 2.00. The zero-order valence-corrected chi connectivity index (χ0v) is 9.78. The molecule has 2 atom stereocenters. The lowest BCUT2D eigenvalue weighted by molar-refractivity contribution is -0.145. The Morgan fingerprint density at radius 3 is 2.53 bits per heavy atom. The molecule has 0 fully saturated rings. The molecule has 86 valence electrons. The molecule has 5 heteroatoms. The van der Waals surface area contributed by atoms with Gasteiger partial charge < -0.3 is 9.47 Å². The Kier molecular flexibility index (Phi) is 6.79. The van der Waals surface area contributed by atoms with Crippen LogP contribution in [-0.2, 0) is 19.1 Å². The van der Waals surface area contributed by atoms with E-state index in [0.29, 0.717) is 6.61 Å². The lowest BCUT2D eigenvalue weighted by Gasteiger charge is -2.14. The molecule has 0 amide bonds. The van der Waals surface area contributed by atoms with Crippen molar-refractivity contribution in [3.63, 3.8) is 0 Å². The first-order valence-corrected chi connectivity index (χ1v) is 5.07. The summed E-state index contributed by atoms with van der Waals surface area (Å²) >= 11 is 5.85. The average Bonchev–Trinajstić information content (AvgIpc) is 2.13. The molecule has 0 aromatic heterocycles. The molecule has 0 aromatic carbocycles. The van der Waals surface area contributed by atoms with Gasteiger partial charge in [0.05, 0.1) is 12.0 Å². The molecule has 0 radical (unpaired) electrons. The van der Waals surface area contributed by atoms with Gasteiger partial charge in [-0.05, 0) is 13.8 Å². The van der Waals surface area contributed by atoms with Crippen molar-refractivity contribution in [3.05, 3.63) is 12.2 Å². The molecular formula is C10H15ClO4. The van der Waals surface area contributed by atoms with E-state index in [1.54, 1.807) is 13.8 Å². The summed E-state index contributed by atoms with van der Waals surface area (Å²) in [5.74, 6) is -0.865. The van der Waals surface area contributed by atoms with Crippen molar-refractivity contribution < 1.29 is 19.1 Å². The zero-order valence-electron chi connectivity index (χ0n) is 9.03. The highest BCUT2D eigenvalue weighted by Gasteiger charge is 2.14. The Morgan fingerprint density at radius 2 is 2.07 bits per heavy atom. The minimum absolute atomic E-state index is 0.315. The monoisotopic (exact) mass is 234 g/mol. The Bertz CT molecular complexity index is 250. The van der Waals surface area contributed by atoms with Crippen LogP contribution in [0.1, 0.15) is 20.8 Å². The van der Waals surface area contributed by atoms with Crippen LogP contribution >= 0.6 is 11.6 Å². The standard InChI is InChI=1S/C10H15ClO4/c1-4-14-10(13)6-5-9(11)7(2)15-8(3)12/h5-7,9H,4H2,1-3H3/b6-5+/t7-,9+/m1/s1. The molecule has 0 saturated heterocycles. The molecular weight excluding hydrogens is 220 g/mol. The van der Waals surface area contributed by atoms with Gasteiger partial charge in [-0.2, -0.15) is 0 Å². The Balaban J connectivity index is 4.05. The van der Waals surface area contributed by atoms with E-state index in [9.17, 15) is 9.59 Å². The van der Waals surface area contributed by atoms with E-state index >= 15 is 0 Å². The van der Waals surface area contributed by atoms with Crippen LogP contribution in [-0.4, -0.2) is 30.0 Å². The quantitative estimate of drug-likeness (QED) is 0.413. The smallest absolute Gasteiger partial charge is 0.330 e.